The van der Waals surface area contributed by atoms with Crippen LogP contribution in [0.1, 0.15) is 58.8 Å². The first-order valence-electron chi connectivity index (χ1n) is 12.1. The quantitative estimate of drug-likeness (QED) is 0.0744. The lowest BCUT2D eigenvalue weighted by atomic mass is 9.96. The third kappa shape index (κ3) is 9.68. The molecule has 1 heterocycles. The highest BCUT2D eigenvalue weighted by atomic mass is 16.4. The van der Waals surface area contributed by atoms with Crippen LogP contribution in [-0.4, -0.2) is 88.0 Å². The van der Waals surface area contributed by atoms with Gasteiger partial charge in [0.25, 0.3) is 0 Å². The van der Waals surface area contributed by atoms with Gasteiger partial charge in [0, 0.05) is 19.5 Å². The molecule has 5 atom stereocenters. The third-order valence-electron chi connectivity index (χ3n) is 6.18. The number of carbonyl (C=O) groups excluding carboxylic acids is 3. The molecule has 10 N–H and O–H groups in total. The molecule has 5 unspecified atom stereocenters. The van der Waals surface area contributed by atoms with Crippen molar-refractivity contribution in [1.82, 2.24) is 15.5 Å². The van der Waals surface area contributed by atoms with Gasteiger partial charge >= 0.3 is 11.9 Å². The van der Waals surface area contributed by atoms with E-state index in [1.807, 2.05) is 6.92 Å². The fourth-order valence-corrected chi connectivity index (χ4v) is 3.89. The Morgan fingerprint density at radius 2 is 1.75 bits per heavy atom. The lowest BCUT2D eigenvalue weighted by Gasteiger charge is -2.30. The number of nitrogens with two attached hydrogens (primary N) is 3. The maximum atomic E-state index is 13.2. The molecule has 204 valence electrons. The van der Waals surface area contributed by atoms with Gasteiger partial charge in [-0.1, -0.05) is 20.3 Å². The van der Waals surface area contributed by atoms with Crippen LogP contribution in [0, 0.1) is 5.92 Å². The minimum absolute atomic E-state index is 0.0721. The molecule has 0 aliphatic carbocycles. The highest BCUT2D eigenvalue weighted by Crippen LogP contribution is 2.20. The van der Waals surface area contributed by atoms with Crippen molar-refractivity contribution in [2.75, 3.05) is 13.1 Å². The molecule has 1 saturated heterocycles. The zero-order chi connectivity index (χ0) is 27.4. The van der Waals surface area contributed by atoms with Crippen LogP contribution in [0.2, 0.25) is 0 Å². The van der Waals surface area contributed by atoms with E-state index in [4.69, 9.17) is 22.3 Å². The number of rotatable bonds is 15. The van der Waals surface area contributed by atoms with Crippen LogP contribution >= 0.6 is 0 Å². The molecule has 0 bridgehead atoms. The number of likely N-dealkylation sites (tertiary alicyclic amines) is 1. The summed E-state index contributed by atoms with van der Waals surface area (Å²) in [5, 5.41) is 23.7. The summed E-state index contributed by atoms with van der Waals surface area (Å²) < 4.78 is 0. The van der Waals surface area contributed by atoms with Crippen LogP contribution in [0.15, 0.2) is 4.99 Å². The van der Waals surface area contributed by atoms with Gasteiger partial charge in [0.05, 0.1) is 6.04 Å². The lowest BCUT2D eigenvalue weighted by Crippen LogP contribution is -2.58. The maximum absolute atomic E-state index is 13.2. The van der Waals surface area contributed by atoms with E-state index < -0.39 is 60.2 Å². The predicted octanol–water partition coefficient (Wildman–Crippen LogP) is -1.68. The minimum atomic E-state index is -1.26. The second-order valence-corrected chi connectivity index (χ2v) is 8.95. The lowest BCUT2D eigenvalue weighted by molar-refractivity contribution is -0.150. The second-order valence-electron chi connectivity index (χ2n) is 8.95. The molecule has 0 spiro atoms. The number of carbonyl (C=O) groups is 5. The molecular weight excluding hydrogens is 474 g/mol. The van der Waals surface area contributed by atoms with Crippen LogP contribution in [0.4, 0.5) is 0 Å². The Bertz CT molecular complexity index is 832. The highest BCUT2D eigenvalue weighted by molar-refractivity contribution is 5.94. The fourth-order valence-electron chi connectivity index (χ4n) is 3.89. The standard InChI is InChI=1S/C22H39N7O7/c1-3-12(2)17(28-18(32)13(23)6-4-10-26-22(24)25)19(33)27-14(8-9-16(30)31)20(34)29-11-5-7-15(29)21(35)36/h12-15,17H,3-11,23H2,1-2H3,(H,27,33)(H,28,32)(H,30,31)(H,35,36)(H4,24,25,26). The zero-order valence-corrected chi connectivity index (χ0v) is 20.8. The number of aliphatic carboxylic acids is 2. The van der Waals surface area contributed by atoms with Gasteiger partial charge in [-0.25, -0.2) is 4.79 Å². The summed E-state index contributed by atoms with van der Waals surface area (Å²) in [6.45, 7) is 4.04. The average molecular weight is 514 g/mol. The van der Waals surface area contributed by atoms with Gasteiger partial charge in [-0.3, -0.25) is 24.2 Å². The summed E-state index contributed by atoms with van der Waals surface area (Å²) in [5.41, 5.74) is 16.5. The number of aliphatic imine (C=N–C) groups is 1. The van der Waals surface area contributed by atoms with Crippen LogP contribution in [0.3, 0.4) is 0 Å². The molecule has 0 saturated carbocycles. The molecule has 1 aliphatic rings. The van der Waals surface area contributed by atoms with Crippen molar-refractivity contribution in [3.63, 3.8) is 0 Å². The van der Waals surface area contributed by atoms with Gasteiger partial charge in [0.2, 0.25) is 17.7 Å². The van der Waals surface area contributed by atoms with Crippen molar-refractivity contribution in [2.45, 2.75) is 83.0 Å². The minimum Gasteiger partial charge on any atom is -0.481 e. The van der Waals surface area contributed by atoms with Crippen LogP contribution in [0.5, 0.6) is 0 Å². The largest absolute Gasteiger partial charge is 0.481 e. The number of guanidine groups is 1. The molecule has 1 rings (SSSR count). The normalized spacial score (nSPS) is 18.4. The summed E-state index contributed by atoms with van der Waals surface area (Å²) in [6.07, 6.45) is 1.33. The first kappa shape index (κ1) is 30.6. The SMILES string of the molecule is CCC(C)C(NC(=O)C(N)CCCN=C(N)N)C(=O)NC(CCC(=O)O)C(=O)N1CCCC1C(=O)O. The number of amides is 3. The second kappa shape index (κ2) is 14.9. The van der Waals surface area contributed by atoms with Crippen molar-refractivity contribution in [2.24, 2.45) is 28.1 Å². The molecule has 1 aliphatic heterocycles. The molecule has 0 aromatic heterocycles. The van der Waals surface area contributed by atoms with E-state index in [0.29, 0.717) is 25.8 Å². The Hall–Kier alpha value is -3.42. The molecule has 14 heteroatoms. The van der Waals surface area contributed by atoms with E-state index >= 15 is 0 Å². The van der Waals surface area contributed by atoms with E-state index in [-0.39, 0.29) is 37.7 Å². The van der Waals surface area contributed by atoms with E-state index in [1.54, 1.807) is 6.92 Å². The Morgan fingerprint density at radius 1 is 1.08 bits per heavy atom. The first-order chi connectivity index (χ1) is 16.9. The molecule has 1 fully saturated rings. The number of hydrogen-bond acceptors (Lipinski definition) is 7. The highest BCUT2D eigenvalue weighted by Gasteiger charge is 2.39. The van der Waals surface area contributed by atoms with E-state index in [0.717, 1.165) is 4.90 Å². The molecule has 0 aromatic rings. The van der Waals surface area contributed by atoms with Gasteiger partial charge < -0.3 is 42.9 Å². The van der Waals surface area contributed by atoms with Crippen LogP contribution < -0.4 is 27.8 Å². The number of nitrogens with one attached hydrogen (secondary N) is 2. The first-order valence-corrected chi connectivity index (χ1v) is 12.1. The molecular formula is C22H39N7O7. The zero-order valence-electron chi connectivity index (χ0n) is 20.8. The van der Waals surface area contributed by atoms with Crippen LogP contribution in [0.25, 0.3) is 0 Å². The summed E-state index contributed by atoms with van der Waals surface area (Å²) in [5.74, 6) is -4.66. The van der Waals surface area contributed by atoms with Crippen molar-refractivity contribution in [3.05, 3.63) is 0 Å². The van der Waals surface area contributed by atoms with Crippen molar-refractivity contribution in [3.8, 4) is 0 Å². The Morgan fingerprint density at radius 3 is 2.31 bits per heavy atom. The van der Waals surface area contributed by atoms with Crippen molar-refractivity contribution in [1.29, 1.82) is 0 Å². The van der Waals surface area contributed by atoms with Crippen LogP contribution in [-0.2, 0) is 24.0 Å². The predicted molar refractivity (Wildman–Crippen MR) is 130 cm³/mol. The summed E-state index contributed by atoms with van der Waals surface area (Å²) in [6, 6.07) is -4.27. The summed E-state index contributed by atoms with van der Waals surface area (Å²) in [7, 11) is 0. The summed E-state index contributed by atoms with van der Waals surface area (Å²) in [4.78, 5) is 66.6. The Balaban J connectivity index is 2.96. The Labute approximate surface area is 210 Å². The molecule has 0 radical (unpaired) electrons. The molecule has 36 heavy (non-hydrogen) atoms. The number of carboxylic acids is 2. The number of hydrogen-bond donors (Lipinski definition) is 7. The van der Waals surface area contributed by atoms with Gasteiger partial charge in [0.15, 0.2) is 5.96 Å². The smallest absolute Gasteiger partial charge is 0.326 e. The average Bonchev–Trinajstić information content (AvgIpc) is 3.31. The van der Waals surface area contributed by atoms with E-state index in [2.05, 4.69) is 15.6 Å². The number of nitrogens with zero attached hydrogens (tertiary/aromatic N) is 2. The van der Waals surface area contributed by atoms with Crippen molar-refractivity contribution >= 4 is 35.6 Å². The monoisotopic (exact) mass is 513 g/mol. The fraction of sp³-hybridized carbons (Fsp3) is 0.727. The maximum Gasteiger partial charge on any atom is 0.326 e. The third-order valence-corrected chi connectivity index (χ3v) is 6.18. The van der Waals surface area contributed by atoms with Crippen molar-refractivity contribution < 1.29 is 34.2 Å². The van der Waals surface area contributed by atoms with Gasteiger partial charge in [-0.2, -0.15) is 0 Å². The summed E-state index contributed by atoms with van der Waals surface area (Å²) >= 11 is 0. The van der Waals surface area contributed by atoms with E-state index in [9.17, 15) is 29.1 Å². The Kier molecular flexibility index (Phi) is 12.6. The topological polar surface area (TPSA) is 244 Å². The molecule has 14 nitrogen and oxygen atoms in total. The molecule has 0 aromatic carbocycles. The van der Waals surface area contributed by atoms with Gasteiger partial charge in [0.1, 0.15) is 18.1 Å². The van der Waals surface area contributed by atoms with E-state index in [1.165, 1.54) is 0 Å². The van der Waals surface area contributed by atoms with Gasteiger partial charge in [-0.15, -0.1) is 0 Å². The van der Waals surface area contributed by atoms with Gasteiger partial charge in [-0.05, 0) is 38.0 Å². The molecule has 3 amide bonds. The number of carboxylic acid groups (broad SMARTS) is 2.